The van der Waals surface area contributed by atoms with Crippen molar-refractivity contribution in [3.8, 4) is 0 Å². The van der Waals surface area contributed by atoms with E-state index in [0.717, 1.165) is 5.56 Å². The minimum atomic E-state index is -0.831. The summed E-state index contributed by atoms with van der Waals surface area (Å²) in [4.78, 5) is 32.4. The number of carbonyl (C=O) groups excluding carboxylic acids is 1. The lowest BCUT2D eigenvalue weighted by Crippen LogP contribution is -2.51. The molecule has 0 aromatic heterocycles. The Morgan fingerprint density at radius 2 is 1.79 bits per heavy atom. The van der Waals surface area contributed by atoms with Crippen LogP contribution in [0.15, 0.2) is 54.6 Å². The fourth-order valence-corrected chi connectivity index (χ4v) is 2.93. The van der Waals surface area contributed by atoms with Gasteiger partial charge in [0.05, 0.1) is 4.92 Å². The van der Waals surface area contributed by atoms with Gasteiger partial charge in [-0.15, -0.1) is 11.6 Å². The quantitative estimate of drug-likeness (QED) is 0.389. The van der Waals surface area contributed by atoms with Gasteiger partial charge >= 0.3 is 5.97 Å². The van der Waals surface area contributed by atoms with Crippen LogP contribution in [-0.4, -0.2) is 40.5 Å². The van der Waals surface area contributed by atoms with Gasteiger partial charge in [-0.25, -0.2) is 0 Å². The zero-order chi connectivity index (χ0) is 21.2. The van der Waals surface area contributed by atoms with Crippen molar-refractivity contribution in [3.05, 3.63) is 75.8 Å². The number of rotatable bonds is 5. The molecule has 0 bridgehead atoms. The molecule has 1 amide bonds. The minimum absolute atomic E-state index is 0.00620. The third kappa shape index (κ3) is 7.17. The normalized spacial score (nSPS) is 18.1. The number of nitro groups is 1. The summed E-state index contributed by atoms with van der Waals surface area (Å²) in [7, 11) is 0. The molecular weight excluding hydrogens is 398 g/mol. The molecule has 2 aromatic rings. The van der Waals surface area contributed by atoms with Gasteiger partial charge in [0.2, 0.25) is 0 Å². The predicted octanol–water partition coefficient (Wildman–Crippen LogP) is 2.96. The van der Waals surface area contributed by atoms with E-state index in [9.17, 15) is 19.7 Å². The van der Waals surface area contributed by atoms with E-state index in [4.69, 9.17) is 16.7 Å². The van der Waals surface area contributed by atoms with Gasteiger partial charge in [0.15, 0.2) is 0 Å². The van der Waals surface area contributed by atoms with Gasteiger partial charge in [0.1, 0.15) is 6.04 Å². The smallest absolute Gasteiger partial charge is 0.320 e. The first-order valence-electron chi connectivity index (χ1n) is 9.02. The Morgan fingerprint density at radius 1 is 1.14 bits per heavy atom. The summed E-state index contributed by atoms with van der Waals surface area (Å²) < 4.78 is 0. The number of hydrogen-bond donors (Lipinski definition) is 3. The highest BCUT2D eigenvalue weighted by Crippen LogP contribution is 2.13. The van der Waals surface area contributed by atoms with Gasteiger partial charge in [-0.1, -0.05) is 30.3 Å². The minimum Gasteiger partial charge on any atom is -0.480 e. The number of alkyl halides is 1. The molecule has 0 unspecified atom stereocenters. The fraction of sp³-hybridized carbons (Fsp3) is 0.300. The lowest BCUT2D eigenvalue weighted by atomic mass is 10.0. The summed E-state index contributed by atoms with van der Waals surface area (Å²) in [5.41, 5.74) is 1.61. The van der Waals surface area contributed by atoms with Crippen molar-refractivity contribution >= 4 is 29.2 Å². The van der Waals surface area contributed by atoms with Crippen LogP contribution >= 0.6 is 11.6 Å². The molecular formula is C20H22ClN3O5. The van der Waals surface area contributed by atoms with Crippen LogP contribution in [0.1, 0.15) is 28.8 Å². The number of nitrogens with one attached hydrogen (secondary N) is 2. The van der Waals surface area contributed by atoms with Gasteiger partial charge in [-0.2, -0.15) is 0 Å². The highest BCUT2D eigenvalue weighted by molar-refractivity contribution is 6.17. The molecule has 2 atom stereocenters. The number of nitro benzene ring substituents is 1. The fourth-order valence-electron chi connectivity index (χ4n) is 2.76. The highest BCUT2D eigenvalue weighted by Gasteiger charge is 2.26. The van der Waals surface area contributed by atoms with Crippen LogP contribution < -0.4 is 10.6 Å². The molecule has 0 radical (unpaired) electrons. The van der Waals surface area contributed by atoms with Gasteiger partial charge in [0, 0.05) is 36.2 Å². The molecule has 3 N–H and O–H groups in total. The van der Waals surface area contributed by atoms with Crippen molar-refractivity contribution in [1.29, 1.82) is 0 Å². The van der Waals surface area contributed by atoms with Crippen molar-refractivity contribution in [1.82, 2.24) is 10.6 Å². The van der Waals surface area contributed by atoms with Gasteiger partial charge in [-0.3, -0.25) is 19.7 Å². The van der Waals surface area contributed by atoms with Crippen molar-refractivity contribution in [3.63, 3.8) is 0 Å². The molecule has 1 saturated heterocycles. The Balaban J connectivity index is 0.000000234. The van der Waals surface area contributed by atoms with E-state index in [0.29, 0.717) is 30.8 Å². The average molecular weight is 420 g/mol. The van der Waals surface area contributed by atoms with Crippen LogP contribution in [0, 0.1) is 10.1 Å². The number of carboxylic acid groups (broad SMARTS) is 1. The van der Waals surface area contributed by atoms with E-state index in [1.165, 1.54) is 12.1 Å². The molecule has 0 saturated carbocycles. The van der Waals surface area contributed by atoms with Gasteiger partial charge in [-0.05, 0) is 30.5 Å². The van der Waals surface area contributed by atoms with Gasteiger partial charge in [0.25, 0.3) is 11.6 Å². The summed E-state index contributed by atoms with van der Waals surface area (Å²) in [6, 6.07) is 14.7. The predicted molar refractivity (Wildman–Crippen MR) is 109 cm³/mol. The second-order valence-electron chi connectivity index (χ2n) is 6.47. The number of nitrogens with zero attached hydrogens (tertiary/aromatic N) is 1. The van der Waals surface area contributed by atoms with E-state index in [1.54, 1.807) is 24.3 Å². The Morgan fingerprint density at radius 3 is 2.28 bits per heavy atom. The third-order valence-corrected chi connectivity index (χ3v) is 4.69. The first kappa shape index (κ1) is 22.3. The Bertz CT molecular complexity index is 822. The third-order valence-electron chi connectivity index (χ3n) is 4.39. The number of piperidine rings is 1. The van der Waals surface area contributed by atoms with Crippen molar-refractivity contribution in [2.75, 3.05) is 6.54 Å². The zero-order valence-corrected chi connectivity index (χ0v) is 16.3. The Hall–Kier alpha value is -2.97. The van der Waals surface area contributed by atoms with Crippen LogP contribution in [0.4, 0.5) is 5.69 Å². The number of aliphatic carboxylic acids is 1. The summed E-state index contributed by atoms with van der Waals surface area (Å²) in [6.45, 7) is 0.496. The van der Waals surface area contributed by atoms with E-state index in [2.05, 4.69) is 10.6 Å². The number of halogens is 1. The maximum absolute atomic E-state index is 11.9. The molecule has 0 spiro atoms. The number of non-ortho nitro benzene ring substituents is 1. The van der Waals surface area contributed by atoms with E-state index >= 15 is 0 Å². The molecule has 1 fully saturated rings. The first-order chi connectivity index (χ1) is 13.9. The Kier molecular flexibility index (Phi) is 8.57. The highest BCUT2D eigenvalue weighted by atomic mass is 35.5. The summed E-state index contributed by atoms with van der Waals surface area (Å²) in [5, 5.41) is 24.8. The van der Waals surface area contributed by atoms with E-state index in [-0.39, 0.29) is 17.6 Å². The van der Waals surface area contributed by atoms with Crippen molar-refractivity contribution < 1.29 is 19.6 Å². The molecule has 29 heavy (non-hydrogen) atoms. The van der Waals surface area contributed by atoms with E-state index < -0.39 is 16.9 Å². The van der Waals surface area contributed by atoms with Crippen LogP contribution in [0.25, 0.3) is 0 Å². The largest absolute Gasteiger partial charge is 0.480 e. The number of carboxylic acids is 1. The summed E-state index contributed by atoms with van der Waals surface area (Å²) in [5.74, 6) is -0.558. The van der Waals surface area contributed by atoms with Crippen LogP contribution in [0.2, 0.25) is 0 Å². The van der Waals surface area contributed by atoms with Crippen LogP contribution in [-0.2, 0) is 10.7 Å². The molecule has 1 aliphatic rings. The van der Waals surface area contributed by atoms with Gasteiger partial charge < -0.3 is 15.7 Å². The average Bonchev–Trinajstić information content (AvgIpc) is 2.75. The number of carbonyl (C=O) groups is 2. The SMILES string of the molecule is O=C(N[C@H]1CC[C@H](C(=O)O)NC1)c1ccccc1.O=[N+]([O-])c1ccc(CCl)cc1. The van der Waals surface area contributed by atoms with E-state index in [1.807, 2.05) is 18.2 Å². The van der Waals surface area contributed by atoms with Crippen LogP contribution in [0.5, 0.6) is 0 Å². The molecule has 9 heteroatoms. The Labute approximate surface area is 173 Å². The molecule has 154 valence electrons. The molecule has 3 rings (SSSR count). The number of benzene rings is 2. The number of hydrogen-bond acceptors (Lipinski definition) is 5. The summed E-state index contributed by atoms with van der Waals surface area (Å²) >= 11 is 5.49. The molecule has 1 aliphatic heterocycles. The topological polar surface area (TPSA) is 122 Å². The lowest BCUT2D eigenvalue weighted by molar-refractivity contribution is -0.384. The molecule has 8 nitrogen and oxygen atoms in total. The van der Waals surface area contributed by atoms with Crippen molar-refractivity contribution in [2.24, 2.45) is 0 Å². The first-order valence-corrected chi connectivity index (χ1v) is 9.55. The number of amides is 1. The maximum Gasteiger partial charge on any atom is 0.320 e. The zero-order valence-electron chi connectivity index (χ0n) is 15.6. The second kappa shape index (κ2) is 11.1. The standard InChI is InChI=1S/C13H16N2O3.C7H6ClNO2/c16-12(9-4-2-1-3-5-9)15-10-6-7-11(13(17)18)14-8-10;8-5-6-1-3-7(4-2-6)9(10)11/h1-5,10-11,14H,6-8H2,(H,15,16)(H,17,18);1-4H,5H2/t10-,11+;/m0./s1. The summed E-state index contributed by atoms with van der Waals surface area (Å²) in [6.07, 6.45) is 1.22. The maximum atomic E-state index is 11.9. The second-order valence-corrected chi connectivity index (χ2v) is 6.74. The lowest BCUT2D eigenvalue weighted by Gasteiger charge is -2.28. The monoisotopic (exact) mass is 419 g/mol. The van der Waals surface area contributed by atoms with Crippen molar-refractivity contribution in [2.45, 2.75) is 30.8 Å². The van der Waals surface area contributed by atoms with Crippen LogP contribution in [0.3, 0.4) is 0 Å². The molecule has 1 heterocycles. The molecule has 0 aliphatic carbocycles. The molecule has 2 aromatic carbocycles.